The lowest BCUT2D eigenvalue weighted by molar-refractivity contribution is 0.310. The number of halogens is 3. The number of hydrogen-bond donors (Lipinski definition) is 1. The van der Waals surface area contributed by atoms with Crippen molar-refractivity contribution in [1.82, 2.24) is 10.3 Å². The Balaban J connectivity index is 1.75. The first-order chi connectivity index (χ1) is 9.66. The summed E-state index contributed by atoms with van der Waals surface area (Å²) >= 11 is 8.94. The summed E-state index contributed by atoms with van der Waals surface area (Å²) in [6.45, 7) is 1.79. The van der Waals surface area contributed by atoms with Crippen LogP contribution in [0, 0.1) is 5.82 Å². The SMILES string of the molecule is Fc1cc(OCCNCc2cccnc2)c(Br)cc1Cl. The molecule has 6 heteroatoms. The minimum atomic E-state index is -0.492. The van der Waals surface area contributed by atoms with Crippen LogP contribution in [0.1, 0.15) is 5.56 Å². The van der Waals surface area contributed by atoms with Gasteiger partial charge in [0.05, 0.1) is 9.50 Å². The summed E-state index contributed by atoms with van der Waals surface area (Å²) in [7, 11) is 0. The van der Waals surface area contributed by atoms with Gasteiger partial charge in [-0.05, 0) is 33.6 Å². The number of ether oxygens (including phenoxy) is 1. The molecule has 106 valence electrons. The summed E-state index contributed by atoms with van der Waals surface area (Å²) in [4.78, 5) is 4.03. The Morgan fingerprint density at radius 2 is 2.25 bits per heavy atom. The number of rotatable bonds is 6. The second-order valence-electron chi connectivity index (χ2n) is 4.08. The van der Waals surface area contributed by atoms with Gasteiger partial charge in [-0.25, -0.2) is 4.39 Å². The molecule has 3 nitrogen and oxygen atoms in total. The number of aromatic nitrogens is 1. The summed E-state index contributed by atoms with van der Waals surface area (Å²) in [6, 6.07) is 6.63. The molecule has 2 rings (SSSR count). The van der Waals surface area contributed by atoms with Crippen LogP contribution in [0.15, 0.2) is 41.1 Å². The fourth-order valence-corrected chi connectivity index (χ4v) is 2.34. The normalized spacial score (nSPS) is 10.6. The molecule has 0 saturated heterocycles. The van der Waals surface area contributed by atoms with Gasteiger partial charge in [-0.2, -0.15) is 0 Å². The summed E-state index contributed by atoms with van der Waals surface area (Å²) in [5.74, 6) is -0.0525. The Hall–Kier alpha value is -1.17. The van der Waals surface area contributed by atoms with E-state index in [4.69, 9.17) is 16.3 Å². The molecule has 0 radical (unpaired) electrons. The first-order valence-corrected chi connectivity index (χ1v) is 7.21. The quantitative estimate of drug-likeness (QED) is 0.629. The molecule has 0 spiro atoms. The van der Waals surface area contributed by atoms with Crippen molar-refractivity contribution >= 4 is 27.5 Å². The van der Waals surface area contributed by atoms with E-state index in [9.17, 15) is 4.39 Å². The van der Waals surface area contributed by atoms with Gasteiger partial charge in [-0.3, -0.25) is 4.98 Å². The lowest BCUT2D eigenvalue weighted by Crippen LogP contribution is -2.20. The van der Waals surface area contributed by atoms with Gasteiger partial charge < -0.3 is 10.1 Å². The smallest absolute Gasteiger partial charge is 0.145 e. The van der Waals surface area contributed by atoms with Crippen molar-refractivity contribution in [3.05, 3.63) is 57.5 Å². The zero-order chi connectivity index (χ0) is 14.4. The Morgan fingerprint density at radius 3 is 3.00 bits per heavy atom. The summed E-state index contributed by atoms with van der Waals surface area (Å²) in [5, 5.41) is 3.29. The Labute approximate surface area is 130 Å². The third-order valence-electron chi connectivity index (χ3n) is 2.56. The Kier molecular flexibility index (Phi) is 5.76. The molecule has 2 aromatic rings. The van der Waals surface area contributed by atoms with Crippen LogP contribution in [0.3, 0.4) is 0 Å². The van der Waals surface area contributed by atoms with Crippen molar-refractivity contribution in [3.8, 4) is 5.75 Å². The maximum atomic E-state index is 13.3. The van der Waals surface area contributed by atoms with Crippen molar-refractivity contribution in [2.75, 3.05) is 13.2 Å². The van der Waals surface area contributed by atoms with Crippen LogP contribution in [-0.4, -0.2) is 18.1 Å². The van der Waals surface area contributed by atoms with E-state index in [1.54, 1.807) is 12.4 Å². The number of hydrogen-bond acceptors (Lipinski definition) is 3. The zero-order valence-electron chi connectivity index (χ0n) is 10.6. The van der Waals surface area contributed by atoms with Crippen LogP contribution in [0.2, 0.25) is 5.02 Å². The van der Waals surface area contributed by atoms with Crippen molar-refractivity contribution in [2.45, 2.75) is 6.54 Å². The van der Waals surface area contributed by atoms with E-state index in [-0.39, 0.29) is 5.02 Å². The van der Waals surface area contributed by atoms with Gasteiger partial charge in [-0.1, -0.05) is 17.7 Å². The molecule has 0 fully saturated rings. The predicted molar refractivity (Wildman–Crippen MR) is 80.5 cm³/mol. The molecule has 0 aliphatic heterocycles. The van der Waals surface area contributed by atoms with E-state index >= 15 is 0 Å². The van der Waals surface area contributed by atoms with Crippen molar-refractivity contribution in [2.24, 2.45) is 0 Å². The first-order valence-electron chi connectivity index (χ1n) is 6.04. The third-order valence-corrected chi connectivity index (χ3v) is 3.47. The highest BCUT2D eigenvalue weighted by Crippen LogP contribution is 2.30. The minimum absolute atomic E-state index is 0.0685. The maximum absolute atomic E-state index is 13.3. The molecule has 0 aliphatic carbocycles. The molecule has 1 aromatic heterocycles. The molecular weight excluding hydrogens is 347 g/mol. The molecule has 1 aromatic carbocycles. The predicted octanol–water partition coefficient (Wildman–Crippen LogP) is 3.81. The average Bonchev–Trinajstić information content (AvgIpc) is 2.45. The highest BCUT2D eigenvalue weighted by molar-refractivity contribution is 9.10. The second-order valence-corrected chi connectivity index (χ2v) is 5.34. The van der Waals surface area contributed by atoms with Gasteiger partial charge in [0.1, 0.15) is 18.2 Å². The van der Waals surface area contributed by atoms with Crippen LogP contribution in [0.5, 0.6) is 5.75 Å². The van der Waals surface area contributed by atoms with Gasteiger partial charge in [0.25, 0.3) is 0 Å². The number of nitrogens with one attached hydrogen (secondary N) is 1. The van der Waals surface area contributed by atoms with Crippen LogP contribution < -0.4 is 10.1 Å². The van der Waals surface area contributed by atoms with Gasteiger partial charge in [-0.15, -0.1) is 0 Å². The van der Waals surface area contributed by atoms with E-state index < -0.39 is 5.82 Å². The fraction of sp³-hybridized carbons (Fsp3) is 0.214. The lowest BCUT2D eigenvalue weighted by atomic mass is 10.3. The molecule has 0 saturated carbocycles. The molecule has 0 amide bonds. The van der Waals surface area contributed by atoms with Crippen molar-refractivity contribution in [3.63, 3.8) is 0 Å². The summed E-state index contributed by atoms with van der Waals surface area (Å²) in [6.07, 6.45) is 3.54. The Morgan fingerprint density at radius 1 is 1.40 bits per heavy atom. The molecular formula is C14H13BrClFN2O. The molecule has 0 aliphatic rings. The lowest BCUT2D eigenvalue weighted by Gasteiger charge is -2.10. The molecule has 0 bridgehead atoms. The van der Waals surface area contributed by atoms with Crippen LogP contribution in [-0.2, 0) is 6.54 Å². The topological polar surface area (TPSA) is 34.1 Å². The monoisotopic (exact) mass is 358 g/mol. The largest absolute Gasteiger partial charge is 0.491 e. The van der Waals surface area contributed by atoms with Gasteiger partial charge in [0.2, 0.25) is 0 Å². The Bertz CT molecular complexity index is 569. The molecule has 0 unspecified atom stereocenters. The van der Waals surface area contributed by atoms with E-state index in [2.05, 4.69) is 26.2 Å². The third kappa shape index (κ3) is 4.44. The number of nitrogens with zero attached hydrogens (tertiary/aromatic N) is 1. The van der Waals surface area contributed by atoms with E-state index in [1.807, 2.05) is 12.1 Å². The van der Waals surface area contributed by atoms with Crippen LogP contribution in [0.25, 0.3) is 0 Å². The van der Waals surface area contributed by atoms with Gasteiger partial charge >= 0.3 is 0 Å². The van der Waals surface area contributed by atoms with Crippen LogP contribution in [0.4, 0.5) is 4.39 Å². The van der Waals surface area contributed by atoms with Crippen LogP contribution >= 0.6 is 27.5 Å². The second kappa shape index (κ2) is 7.57. The highest BCUT2D eigenvalue weighted by Gasteiger charge is 2.07. The first kappa shape index (κ1) is 15.2. The zero-order valence-corrected chi connectivity index (χ0v) is 12.9. The van der Waals surface area contributed by atoms with E-state index in [1.165, 1.54) is 12.1 Å². The minimum Gasteiger partial charge on any atom is -0.491 e. The van der Waals surface area contributed by atoms with Gasteiger partial charge in [0, 0.05) is 31.5 Å². The molecule has 1 heterocycles. The van der Waals surface area contributed by atoms with Crippen molar-refractivity contribution in [1.29, 1.82) is 0 Å². The summed E-state index contributed by atoms with van der Waals surface area (Å²) < 4.78 is 19.4. The van der Waals surface area contributed by atoms with Gasteiger partial charge in [0.15, 0.2) is 0 Å². The fourth-order valence-electron chi connectivity index (χ4n) is 1.58. The molecule has 1 N–H and O–H groups in total. The average molecular weight is 360 g/mol. The standard InChI is InChI=1S/C14H13BrClFN2O/c15-11-6-12(16)13(17)7-14(11)20-5-4-19-9-10-2-1-3-18-8-10/h1-3,6-8,19H,4-5,9H2. The maximum Gasteiger partial charge on any atom is 0.145 e. The molecule has 0 atom stereocenters. The molecule has 20 heavy (non-hydrogen) atoms. The number of benzene rings is 1. The van der Waals surface area contributed by atoms with Crippen molar-refractivity contribution < 1.29 is 9.13 Å². The van der Waals surface area contributed by atoms with E-state index in [0.717, 1.165) is 5.56 Å². The number of pyridine rings is 1. The van der Waals surface area contributed by atoms with E-state index in [0.29, 0.717) is 29.9 Å². The highest BCUT2D eigenvalue weighted by atomic mass is 79.9. The summed E-state index contributed by atoms with van der Waals surface area (Å²) in [5.41, 5.74) is 1.10.